The van der Waals surface area contributed by atoms with E-state index < -0.39 is 23.3 Å². The highest BCUT2D eigenvalue weighted by Crippen LogP contribution is 2.31. The van der Waals surface area contributed by atoms with Crippen LogP contribution in [0.2, 0.25) is 0 Å². The molecule has 1 aliphatic carbocycles. The molecule has 8 nitrogen and oxygen atoms in total. The van der Waals surface area contributed by atoms with Gasteiger partial charge in [-0.05, 0) is 18.9 Å². The number of ether oxygens (including phenoxy) is 1. The van der Waals surface area contributed by atoms with E-state index >= 15 is 0 Å². The fraction of sp³-hybridized carbons (Fsp3) is 0.385. The molecule has 2 rings (SSSR count). The lowest BCUT2D eigenvalue weighted by Crippen LogP contribution is -2.37. The summed E-state index contributed by atoms with van der Waals surface area (Å²) in [6.07, 6.45) is 1.46. The summed E-state index contributed by atoms with van der Waals surface area (Å²) in [4.78, 5) is 34.8. The highest BCUT2D eigenvalue weighted by Gasteiger charge is 2.35. The summed E-state index contributed by atoms with van der Waals surface area (Å²) in [5.74, 6) is -1.51. The largest absolute Gasteiger partial charge is 0.496 e. The number of carbonyl (C=O) groups is 2. The van der Waals surface area contributed by atoms with Crippen molar-refractivity contribution in [3.8, 4) is 5.75 Å². The third kappa shape index (κ3) is 3.28. The second-order valence-electron chi connectivity index (χ2n) is 4.70. The van der Waals surface area contributed by atoms with E-state index in [1.165, 1.54) is 24.1 Å². The van der Waals surface area contributed by atoms with Crippen LogP contribution in [0.4, 0.5) is 5.69 Å². The summed E-state index contributed by atoms with van der Waals surface area (Å²) >= 11 is 0. The third-order valence-electron chi connectivity index (χ3n) is 3.18. The van der Waals surface area contributed by atoms with Crippen molar-refractivity contribution in [2.75, 3.05) is 13.7 Å². The molecule has 0 saturated heterocycles. The van der Waals surface area contributed by atoms with Gasteiger partial charge in [0.2, 0.25) is 0 Å². The predicted molar refractivity (Wildman–Crippen MR) is 71.3 cm³/mol. The SMILES string of the molecule is COc1ccc([N+](=O)[O-])cc1C(=O)N(CC(=O)O)C1CC1. The molecule has 1 aromatic rings. The molecule has 8 heteroatoms. The van der Waals surface area contributed by atoms with E-state index in [0.29, 0.717) is 0 Å². The molecule has 0 aliphatic heterocycles. The van der Waals surface area contributed by atoms with Gasteiger partial charge in [-0.2, -0.15) is 0 Å². The Bertz CT molecular complexity index is 596. The number of non-ortho nitro benzene ring substituents is 1. The first kappa shape index (κ1) is 14.8. The van der Waals surface area contributed by atoms with Crippen molar-refractivity contribution in [2.24, 2.45) is 0 Å². The Labute approximate surface area is 120 Å². The van der Waals surface area contributed by atoms with Gasteiger partial charge in [0.25, 0.3) is 11.6 Å². The molecule has 0 heterocycles. The molecule has 0 radical (unpaired) electrons. The quantitative estimate of drug-likeness (QED) is 0.625. The van der Waals surface area contributed by atoms with Gasteiger partial charge in [-0.25, -0.2) is 0 Å². The molecular formula is C13H14N2O6. The summed E-state index contributed by atoms with van der Waals surface area (Å²) in [6, 6.07) is 3.54. The molecule has 1 N–H and O–H groups in total. The van der Waals surface area contributed by atoms with E-state index in [0.717, 1.165) is 18.9 Å². The van der Waals surface area contributed by atoms with Crippen molar-refractivity contribution in [3.63, 3.8) is 0 Å². The van der Waals surface area contributed by atoms with Gasteiger partial charge in [-0.15, -0.1) is 0 Å². The first-order valence-electron chi connectivity index (χ1n) is 6.29. The number of carbonyl (C=O) groups excluding carboxylic acids is 1. The molecule has 0 atom stereocenters. The van der Waals surface area contributed by atoms with Crippen molar-refractivity contribution in [1.29, 1.82) is 0 Å². The van der Waals surface area contributed by atoms with Crippen LogP contribution in [0.3, 0.4) is 0 Å². The molecule has 1 aromatic carbocycles. The number of methoxy groups -OCH3 is 1. The minimum Gasteiger partial charge on any atom is -0.496 e. The Morgan fingerprint density at radius 1 is 1.48 bits per heavy atom. The maximum Gasteiger partial charge on any atom is 0.323 e. The molecule has 1 amide bonds. The van der Waals surface area contributed by atoms with Crippen LogP contribution in [0.15, 0.2) is 18.2 Å². The molecule has 0 aromatic heterocycles. The van der Waals surface area contributed by atoms with E-state index in [4.69, 9.17) is 9.84 Å². The molecular weight excluding hydrogens is 280 g/mol. The Balaban J connectivity index is 2.37. The normalized spacial score (nSPS) is 13.6. The Kier molecular flexibility index (Phi) is 4.06. The standard InChI is InChI=1S/C13H14N2O6/c1-21-11-5-4-9(15(19)20)6-10(11)13(18)14(7-12(16)17)8-2-3-8/h4-6,8H,2-3,7H2,1H3,(H,16,17). The average molecular weight is 294 g/mol. The predicted octanol–water partition coefficient (Wildman–Crippen LogP) is 1.29. The zero-order valence-corrected chi connectivity index (χ0v) is 11.3. The second kappa shape index (κ2) is 5.78. The van der Waals surface area contributed by atoms with Crippen LogP contribution >= 0.6 is 0 Å². The number of carboxylic acids is 1. The van der Waals surface area contributed by atoms with Crippen molar-refractivity contribution in [1.82, 2.24) is 4.90 Å². The number of nitro benzene ring substituents is 1. The van der Waals surface area contributed by atoms with Crippen LogP contribution < -0.4 is 4.74 Å². The molecule has 21 heavy (non-hydrogen) atoms. The van der Waals surface area contributed by atoms with Crippen LogP contribution in [0.1, 0.15) is 23.2 Å². The molecule has 1 saturated carbocycles. The first-order valence-corrected chi connectivity index (χ1v) is 6.29. The topological polar surface area (TPSA) is 110 Å². The number of rotatable bonds is 6. The lowest BCUT2D eigenvalue weighted by atomic mass is 10.1. The van der Waals surface area contributed by atoms with Crippen LogP contribution in [-0.2, 0) is 4.79 Å². The Morgan fingerprint density at radius 2 is 2.14 bits per heavy atom. The maximum atomic E-state index is 12.5. The number of hydrogen-bond donors (Lipinski definition) is 1. The minimum absolute atomic E-state index is 0.000139. The number of benzene rings is 1. The van der Waals surface area contributed by atoms with Gasteiger partial charge in [0.05, 0.1) is 17.6 Å². The number of carboxylic acid groups (broad SMARTS) is 1. The van der Waals surface area contributed by atoms with Crippen molar-refractivity contribution >= 4 is 17.6 Å². The summed E-state index contributed by atoms with van der Waals surface area (Å²) < 4.78 is 5.04. The van der Waals surface area contributed by atoms with Gasteiger partial charge in [0.15, 0.2) is 0 Å². The smallest absolute Gasteiger partial charge is 0.323 e. The van der Waals surface area contributed by atoms with E-state index in [9.17, 15) is 19.7 Å². The van der Waals surface area contributed by atoms with Crippen LogP contribution in [-0.4, -0.2) is 46.5 Å². The molecule has 112 valence electrons. The monoisotopic (exact) mass is 294 g/mol. The fourth-order valence-corrected chi connectivity index (χ4v) is 2.03. The number of amides is 1. The lowest BCUT2D eigenvalue weighted by molar-refractivity contribution is -0.384. The Morgan fingerprint density at radius 3 is 2.62 bits per heavy atom. The third-order valence-corrected chi connectivity index (χ3v) is 3.18. The summed E-state index contributed by atoms with van der Waals surface area (Å²) in [5, 5.41) is 19.7. The van der Waals surface area contributed by atoms with Gasteiger partial charge in [-0.3, -0.25) is 19.7 Å². The van der Waals surface area contributed by atoms with E-state index in [2.05, 4.69) is 0 Å². The molecule has 1 fully saturated rings. The van der Waals surface area contributed by atoms with E-state index in [1.54, 1.807) is 0 Å². The van der Waals surface area contributed by atoms with Crippen molar-refractivity contribution in [3.05, 3.63) is 33.9 Å². The summed E-state index contributed by atoms with van der Waals surface area (Å²) in [6.45, 7) is -0.435. The highest BCUT2D eigenvalue weighted by atomic mass is 16.6. The van der Waals surface area contributed by atoms with Crippen molar-refractivity contribution in [2.45, 2.75) is 18.9 Å². The van der Waals surface area contributed by atoms with Gasteiger partial charge in [-0.1, -0.05) is 0 Å². The fourth-order valence-electron chi connectivity index (χ4n) is 2.03. The van der Waals surface area contributed by atoms with Crippen LogP contribution in [0.25, 0.3) is 0 Å². The highest BCUT2D eigenvalue weighted by molar-refractivity contribution is 5.99. The first-order chi connectivity index (χ1) is 9.93. The lowest BCUT2D eigenvalue weighted by Gasteiger charge is -2.21. The average Bonchev–Trinajstić information content (AvgIpc) is 3.27. The van der Waals surface area contributed by atoms with Crippen LogP contribution in [0.5, 0.6) is 5.75 Å². The zero-order valence-electron chi connectivity index (χ0n) is 11.3. The van der Waals surface area contributed by atoms with Gasteiger partial charge in [0, 0.05) is 18.2 Å². The van der Waals surface area contributed by atoms with Gasteiger partial charge < -0.3 is 14.7 Å². The molecule has 0 bridgehead atoms. The summed E-state index contributed by atoms with van der Waals surface area (Å²) in [7, 11) is 1.34. The van der Waals surface area contributed by atoms with Gasteiger partial charge >= 0.3 is 5.97 Å². The van der Waals surface area contributed by atoms with E-state index in [-0.39, 0.29) is 23.0 Å². The number of nitrogens with zero attached hydrogens (tertiary/aromatic N) is 2. The van der Waals surface area contributed by atoms with Gasteiger partial charge in [0.1, 0.15) is 12.3 Å². The summed E-state index contributed by atoms with van der Waals surface area (Å²) in [5.41, 5.74) is -0.245. The number of aliphatic carboxylic acids is 1. The van der Waals surface area contributed by atoms with Crippen LogP contribution in [0, 0.1) is 10.1 Å². The number of nitro groups is 1. The second-order valence-corrected chi connectivity index (χ2v) is 4.70. The van der Waals surface area contributed by atoms with E-state index in [1.807, 2.05) is 0 Å². The minimum atomic E-state index is -1.13. The molecule has 0 spiro atoms. The maximum absolute atomic E-state index is 12.5. The number of hydrogen-bond acceptors (Lipinski definition) is 5. The zero-order chi connectivity index (χ0) is 15.6. The molecule has 1 aliphatic rings. The van der Waals surface area contributed by atoms with Crippen molar-refractivity contribution < 1.29 is 24.4 Å². The Hall–Kier alpha value is -2.64. The molecule has 0 unspecified atom stereocenters.